The van der Waals surface area contributed by atoms with E-state index in [1.807, 2.05) is 24.3 Å². The summed E-state index contributed by atoms with van der Waals surface area (Å²) in [5.74, 6) is -4.25. The number of carbonyl (C=O) groups excluding carboxylic acids is 3. The zero-order chi connectivity index (χ0) is 35.3. The summed E-state index contributed by atoms with van der Waals surface area (Å²) in [6.07, 6.45) is 0. The van der Waals surface area contributed by atoms with Gasteiger partial charge in [-0.2, -0.15) is 0 Å². The Morgan fingerprint density at radius 3 is 1.75 bits per heavy atom. The van der Waals surface area contributed by atoms with Gasteiger partial charge in [0.1, 0.15) is 12.5 Å². The molecular formula is C40H28NO10. The van der Waals surface area contributed by atoms with Gasteiger partial charge in [0.25, 0.3) is 0 Å². The standard InChI is InChI=1S/C40H28NO10/c1-39(50-22-42,35-29-14-6-2-10-25(29)26-11-3-7-15-30(26)35)37(43)51-40(41(45)46,38(44)47-21-24-18-19-33-34(20-24)49-23-48-33)36-31-16-8-4-12-27(31)28-13-5-9-17-32(28)36/h2-20,35-36H,21,23H2,1H3. The van der Waals surface area contributed by atoms with Gasteiger partial charge in [0.2, 0.25) is 12.4 Å². The van der Waals surface area contributed by atoms with Crippen molar-refractivity contribution in [2.75, 3.05) is 6.79 Å². The monoisotopic (exact) mass is 682 g/mol. The van der Waals surface area contributed by atoms with E-state index in [9.17, 15) is 24.5 Å². The Morgan fingerprint density at radius 2 is 1.24 bits per heavy atom. The fourth-order valence-corrected chi connectivity index (χ4v) is 7.59. The lowest BCUT2D eigenvalue weighted by molar-refractivity contribution is -0.608. The van der Waals surface area contributed by atoms with Crippen LogP contribution in [0, 0.1) is 10.1 Å². The normalized spacial score (nSPS) is 16.0. The third-order valence-corrected chi connectivity index (χ3v) is 9.89. The minimum atomic E-state index is -3.18. The summed E-state index contributed by atoms with van der Waals surface area (Å²) >= 11 is 0. The number of hydrogen-bond donors (Lipinski definition) is 0. The van der Waals surface area contributed by atoms with E-state index in [1.54, 1.807) is 91.0 Å². The second-order valence-corrected chi connectivity index (χ2v) is 12.6. The number of carbonyl (C=O) groups is 2. The summed E-state index contributed by atoms with van der Waals surface area (Å²) in [6, 6.07) is 33.1. The van der Waals surface area contributed by atoms with Crippen molar-refractivity contribution in [2.45, 2.75) is 36.7 Å². The van der Waals surface area contributed by atoms with Gasteiger partial charge in [-0.05, 0) is 69.1 Å². The first-order valence-electron chi connectivity index (χ1n) is 16.1. The number of esters is 2. The molecule has 0 spiro atoms. The maximum absolute atomic E-state index is 14.8. The van der Waals surface area contributed by atoms with Crippen LogP contribution in [0.2, 0.25) is 0 Å². The topological polar surface area (TPSA) is 141 Å². The smallest absolute Gasteiger partial charge is 0.454 e. The molecule has 0 N–H and O–H groups in total. The molecule has 253 valence electrons. The van der Waals surface area contributed by atoms with Gasteiger partial charge in [0, 0.05) is 0 Å². The molecule has 0 amide bonds. The lowest BCUT2D eigenvalue weighted by Gasteiger charge is -2.36. The number of fused-ring (bicyclic) bond motifs is 7. The molecule has 2 atom stereocenters. The van der Waals surface area contributed by atoms with E-state index in [0.29, 0.717) is 50.4 Å². The number of nitrogens with zero attached hydrogens (tertiary/aromatic N) is 1. The van der Waals surface area contributed by atoms with Crippen LogP contribution in [0.1, 0.15) is 46.6 Å². The van der Waals surface area contributed by atoms with Crippen molar-refractivity contribution < 1.29 is 43.0 Å². The van der Waals surface area contributed by atoms with Gasteiger partial charge in [-0.1, -0.05) is 103 Å². The van der Waals surface area contributed by atoms with E-state index in [1.165, 1.54) is 13.4 Å². The zero-order valence-electron chi connectivity index (χ0n) is 27.1. The summed E-state index contributed by atoms with van der Waals surface area (Å²) in [7, 11) is 0. The van der Waals surface area contributed by atoms with E-state index < -0.39 is 46.6 Å². The van der Waals surface area contributed by atoms with Crippen molar-refractivity contribution >= 4 is 18.4 Å². The van der Waals surface area contributed by atoms with E-state index in [0.717, 1.165) is 11.1 Å². The highest BCUT2D eigenvalue weighted by Crippen LogP contribution is 2.54. The Balaban J connectivity index is 1.26. The average molecular weight is 683 g/mol. The Bertz CT molecular complexity index is 2160. The number of rotatable bonds is 10. The molecule has 0 fully saturated rings. The van der Waals surface area contributed by atoms with Gasteiger partial charge in [-0.3, -0.25) is 10.1 Å². The lowest BCUT2D eigenvalue weighted by Crippen LogP contribution is -2.59. The summed E-state index contributed by atoms with van der Waals surface area (Å²) in [6.45, 7) is 2.29. The maximum Gasteiger partial charge on any atom is 0.473 e. The van der Waals surface area contributed by atoms with Gasteiger partial charge < -0.3 is 23.7 Å². The van der Waals surface area contributed by atoms with Crippen LogP contribution in [0.15, 0.2) is 115 Å². The van der Waals surface area contributed by atoms with Gasteiger partial charge in [-0.25, -0.2) is 14.4 Å². The highest BCUT2D eigenvalue weighted by Gasteiger charge is 2.68. The van der Waals surface area contributed by atoms with Crippen LogP contribution in [-0.4, -0.2) is 41.5 Å². The van der Waals surface area contributed by atoms with E-state index in [4.69, 9.17) is 23.7 Å². The first-order chi connectivity index (χ1) is 24.8. The largest absolute Gasteiger partial charge is 0.473 e. The summed E-state index contributed by atoms with van der Waals surface area (Å²) in [4.78, 5) is 54.1. The average Bonchev–Trinajstić information content (AvgIpc) is 3.85. The molecule has 11 nitrogen and oxygen atoms in total. The molecule has 5 aromatic rings. The van der Waals surface area contributed by atoms with Gasteiger partial charge in [0.15, 0.2) is 11.5 Å². The van der Waals surface area contributed by atoms with E-state index in [2.05, 4.69) is 0 Å². The third kappa shape index (κ3) is 4.84. The van der Waals surface area contributed by atoms with Crippen molar-refractivity contribution in [3.63, 3.8) is 0 Å². The Labute approximate surface area is 291 Å². The van der Waals surface area contributed by atoms with Crippen molar-refractivity contribution in [2.24, 2.45) is 0 Å². The van der Waals surface area contributed by atoms with Crippen LogP contribution in [0.3, 0.4) is 0 Å². The molecule has 51 heavy (non-hydrogen) atoms. The van der Waals surface area contributed by atoms with Crippen LogP contribution in [0.5, 0.6) is 11.5 Å². The number of ether oxygens (including phenoxy) is 5. The highest BCUT2D eigenvalue weighted by atomic mass is 16.7. The van der Waals surface area contributed by atoms with Crippen molar-refractivity contribution in [3.05, 3.63) is 153 Å². The first-order valence-corrected chi connectivity index (χ1v) is 16.1. The molecule has 0 aromatic heterocycles. The van der Waals surface area contributed by atoms with Crippen LogP contribution >= 0.6 is 0 Å². The minimum Gasteiger partial charge on any atom is -0.454 e. The molecule has 8 rings (SSSR count). The second-order valence-electron chi connectivity index (χ2n) is 12.6. The molecule has 2 aliphatic carbocycles. The molecule has 11 heteroatoms. The molecule has 0 saturated heterocycles. The quantitative estimate of drug-likeness (QED) is 0.0531. The summed E-state index contributed by atoms with van der Waals surface area (Å²) in [5.41, 5.74) is -0.111. The van der Waals surface area contributed by atoms with Crippen LogP contribution < -0.4 is 9.47 Å². The highest BCUT2D eigenvalue weighted by molar-refractivity contribution is 5.93. The van der Waals surface area contributed by atoms with E-state index >= 15 is 0 Å². The minimum absolute atomic E-state index is 0.0223. The third-order valence-electron chi connectivity index (χ3n) is 9.89. The van der Waals surface area contributed by atoms with Gasteiger partial charge >= 0.3 is 24.1 Å². The number of nitro groups is 1. The predicted molar refractivity (Wildman–Crippen MR) is 181 cm³/mol. The fraction of sp³-hybridized carbons (Fsp3) is 0.175. The molecule has 1 heterocycles. The number of hydrogen-bond acceptors (Lipinski definition) is 10. The van der Waals surface area contributed by atoms with Crippen LogP contribution in [0.25, 0.3) is 22.3 Å². The fourth-order valence-electron chi connectivity index (χ4n) is 7.59. The molecule has 2 unspecified atom stereocenters. The SMILES string of the molecule is CC(O[C]=O)(C(=O)OC(C(=O)OCc1ccc2c(c1)OCO2)(C1c2ccccc2-c2ccccc21)[N+](=O)[O-])C1c2ccccc2-c2ccccc21. The van der Waals surface area contributed by atoms with Crippen LogP contribution in [-0.2, 0) is 35.2 Å². The Hall–Kier alpha value is -6.49. The van der Waals surface area contributed by atoms with Crippen molar-refractivity contribution in [1.82, 2.24) is 0 Å². The lowest BCUT2D eigenvalue weighted by atomic mass is 9.80. The van der Waals surface area contributed by atoms with Gasteiger partial charge in [0.05, 0.1) is 10.8 Å². The summed E-state index contributed by atoms with van der Waals surface area (Å²) in [5, 5.41) is 13.6. The Morgan fingerprint density at radius 1 is 0.745 bits per heavy atom. The molecule has 5 aromatic carbocycles. The second kappa shape index (κ2) is 12.1. The van der Waals surface area contributed by atoms with E-state index in [-0.39, 0.29) is 6.79 Å². The molecule has 1 aliphatic heterocycles. The molecule has 3 aliphatic rings. The molecule has 1 radical (unpaired) electrons. The van der Waals surface area contributed by atoms with Gasteiger partial charge in [-0.15, -0.1) is 0 Å². The molecular weight excluding hydrogens is 654 g/mol. The molecule has 0 saturated carbocycles. The predicted octanol–water partition coefficient (Wildman–Crippen LogP) is 6.44. The molecule has 0 bridgehead atoms. The Kier molecular flexibility index (Phi) is 7.55. The number of benzene rings is 5. The van der Waals surface area contributed by atoms with Crippen molar-refractivity contribution in [3.8, 4) is 33.8 Å². The van der Waals surface area contributed by atoms with Crippen molar-refractivity contribution in [1.29, 1.82) is 0 Å². The zero-order valence-corrected chi connectivity index (χ0v) is 27.1. The summed E-state index contributed by atoms with van der Waals surface area (Å²) < 4.78 is 28.0. The first kappa shape index (κ1) is 31.8. The maximum atomic E-state index is 14.8. The van der Waals surface area contributed by atoms with Crippen LogP contribution in [0.4, 0.5) is 0 Å².